The minimum Gasteiger partial charge on any atom is -0.481 e. The fourth-order valence-corrected chi connectivity index (χ4v) is 4.76. The third kappa shape index (κ3) is 5.24. The number of nitrogens with one attached hydrogen (secondary N) is 2. The predicted octanol–water partition coefficient (Wildman–Crippen LogP) is 3.10. The third-order valence-corrected chi connectivity index (χ3v) is 6.83. The summed E-state index contributed by atoms with van der Waals surface area (Å²) in [6.45, 7) is 1.12. The van der Waals surface area contributed by atoms with Crippen molar-refractivity contribution in [3.8, 4) is 11.1 Å². The summed E-state index contributed by atoms with van der Waals surface area (Å²) in [7, 11) is 0. The Kier molecular flexibility index (Phi) is 6.99. The molecule has 0 radical (unpaired) electrons. The number of carboxylic acids is 1. The Morgan fingerprint density at radius 1 is 1.00 bits per heavy atom. The Morgan fingerprint density at radius 2 is 1.66 bits per heavy atom. The summed E-state index contributed by atoms with van der Waals surface area (Å²) in [5, 5.41) is 14.2. The minimum absolute atomic E-state index is 0.0200. The van der Waals surface area contributed by atoms with E-state index in [0.717, 1.165) is 6.42 Å². The molecule has 168 valence electrons. The molecule has 0 heterocycles. The van der Waals surface area contributed by atoms with Crippen LogP contribution in [0.3, 0.4) is 0 Å². The molecule has 3 N–H and O–H groups in total. The largest absolute Gasteiger partial charge is 0.481 e. The highest BCUT2D eigenvalue weighted by atomic mass is 32.2. The van der Waals surface area contributed by atoms with E-state index in [4.69, 9.17) is 9.84 Å². The van der Waals surface area contributed by atoms with Gasteiger partial charge in [-0.3, -0.25) is 9.59 Å². The van der Waals surface area contributed by atoms with Crippen LogP contribution in [-0.4, -0.2) is 54.3 Å². The maximum Gasteiger partial charge on any atom is 0.407 e. The fourth-order valence-electron chi connectivity index (χ4n) is 4.20. The van der Waals surface area contributed by atoms with Crippen LogP contribution in [0.1, 0.15) is 23.5 Å². The van der Waals surface area contributed by atoms with Crippen LogP contribution in [0.5, 0.6) is 0 Å². The Balaban J connectivity index is 1.18. The number of rotatable bonds is 10. The Morgan fingerprint density at radius 3 is 2.31 bits per heavy atom. The van der Waals surface area contributed by atoms with Crippen LogP contribution in [0.25, 0.3) is 11.1 Å². The molecule has 2 amide bonds. The van der Waals surface area contributed by atoms with Crippen molar-refractivity contribution >= 4 is 29.7 Å². The number of carbonyl (C=O) groups excluding carboxylic acids is 2. The quantitative estimate of drug-likeness (QED) is 0.477. The standard InChI is InChI=1S/C24H26N2O5S/c27-22(28)14-32-10-9-25-23(29)20-11-15(20)12-26-24(30)31-13-21-18-7-3-1-5-16(18)17-6-2-4-8-19(17)21/h1-8,15,20-21H,9-14H2,(H,25,29)(H,26,30)(H,27,28)/t15-,20-/m1/s1. The van der Waals surface area contributed by atoms with Crippen molar-refractivity contribution in [2.75, 3.05) is 31.2 Å². The number of ether oxygens (including phenoxy) is 1. The molecule has 0 aromatic heterocycles. The van der Waals surface area contributed by atoms with Crippen molar-refractivity contribution < 1.29 is 24.2 Å². The van der Waals surface area contributed by atoms with E-state index in [9.17, 15) is 14.4 Å². The molecule has 32 heavy (non-hydrogen) atoms. The average Bonchev–Trinajstić information content (AvgIpc) is 3.51. The number of fused-ring (bicyclic) bond motifs is 3. The van der Waals surface area contributed by atoms with E-state index in [1.807, 2.05) is 24.3 Å². The lowest BCUT2D eigenvalue weighted by Gasteiger charge is -2.14. The molecule has 1 saturated carbocycles. The van der Waals surface area contributed by atoms with Gasteiger partial charge in [-0.15, -0.1) is 11.8 Å². The van der Waals surface area contributed by atoms with Crippen LogP contribution in [0.4, 0.5) is 4.79 Å². The lowest BCUT2D eigenvalue weighted by atomic mass is 9.98. The van der Waals surface area contributed by atoms with Gasteiger partial charge < -0.3 is 20.5 Å². The van der Waals surface area contributed by atoms with Gasteiger partial charge in [0.2, 0.25) is 5.91 Å². The van der Waals surface area contributed by atoms with E-state index in [-0.39, 0.29) is 36.0 Å². The van der Waals surface area contributed by atoms with Crippen LogP contribution in [-0.2, 0) is 14.3 Å². The van der Waals surface area contributed by atoms with Crippen LogP contribution >= 0.6 is 11.8 Å². The number of alkyl carbamates (subject to hydrolysis) is 1. The van der Waals surface area contributed by atoms with Gasteiger partial charge >= 0.3 is 12.1 Å². The lowest BCUT2D eigenvalue weighted by molar-refractivity contribution is -0.133. The molecule has 2 aliphatic rings. The normalized spacial score (nSPS) is 18.4. The Labute approximate surface area is 190 Å². The average molecular weight is 455 g/mol. The van der Waals surface area contributed by atoms with E-state index in [0.29, 0.717) is 18.8 Å². The molecule has 2 aromatic rings. The number of benzene rings is 2. The van der Waals surface area contributed by atoms with Crippen molar-refractivity contribution in [1.82, 2.24) is 10.6 Å². The second kappa shape index (κ2) is 10.1. The number of carbonyl (C=O) groups is 3. The highest BCUT2D eigenvalue weighted by molar-refractivity contribution is 7.99. The van der Waals surface area contributed by atoms with Gasteiger partial charge in [-0.2, -0.15) is 0 Å². The van der Waals surface area contributed by atoms with Crippen molar-refractivity contribution in [1.29, 1.82) is 0 Å². The number of thioether (sulfide) groups is 1. The van der Waals surface area contributed by atoms with Gasteiger partial charge in [0.25, 0.3) is 0 Å². The molecule has 0 unspecified atom stereocenters. The summed E-state index contributed by atoms with van der Waals surface area (Å²) in [6, 6.07) is 16.4. The molecule has 0 spiro atoms. The molecule has 0 bridgehead atoms. The highest BCUT2D eigenvalue weighted by Crippen LogP contribution is 2.44. The first kappa shape index (κ1) is 22.2. The van der Waals surface area contributed by atoms with Crippen LogP contribution in [0, 0.1) is 11.8 Å². The smallest absolute Gasteiger partial charge is 0.407 e. The van der Waals surface area contributed by atoms with Gasteiger partial charge in [0, 0.05) is 30.7 Å². The third-order valence-electron chi connectivity index (χ3n) is 5.88. The summed E-state index contributed by atoms with van der Waals surface area (Å²) in [5.74, 6) is -0.273. The van der Waals surface area contributed by atoms with E-state index >= 15 is 0 Å². The topological polar surface area (TPSA) is 105 Å². The second-order valence-electron chi connectivity index (χ2n) is 8.05. The second-order valence-corrected chi connectivity index (χ2v) is 9.15. The summed E-state index contributed by atoms with van der Waals surface area (Å²) in [5.41, 5.74) is 4.71. The summed E-state index contributed by atoms with van der Waals surface area (Å²) >= 11 is 1.27. The molecule has 8 heteroatoms. The van der Waals surface area contributed by atoms with Gasteiger partial charge in [-0.05, 0) is 34.6 Å². The number of hydrogen-bond acceptors (Lipinski definition) is 5. The van der Waals surface area contributed by atoms with Gasteiger partial charge in [0.15, 0.2) is 0 Å². The molecule has 7 nitrogen and oxygen atoms in total. The van der Waals surface area contributed by atoms with E-state index in [1.54, 1.807) is 0 Å². The molecule has 2 aliphatic carbocycles. The Hall–Kier alpha value is -3.00. The molecule has 2 atom stereocenters. The fraction of sp³-hybridized carbons (Fsp3) is 0.375. The SMILES string of the molecule is O=C(O)CSCCNC(=O)[C@@H]1C[C@@H]1CNC(=O)OCC1c2ccccc2-c2ccccc21. The maximum atomic E-state index is 12.2. The first-order valence-corrected chi connectivity index (χ1v) is 11.9. The monoisotopic (exact) mass is 454 g/mol. The number of aliphatic carboxylic acids is 1. The van der Waals surface area contributed by atoms with Crippen LogP contribution in [0.15, 0.2) is 48.5 Å². The predicted molar refractivity (Wildman–Crippen MR) is 123 cm³/mol. The number of carboxylic acid groups (broad SMARTS) is 1. The molecule has 1 fully saturated rings. The summed E-state index contributed by atoms with van der Waals surface area (Å²) in [6.07, 6.45) is 0.264. The van der Waals surface area contributed by atoms with E-state index in [1.165, 1.54) is 34.0 Å². The van der Waals surface area contributed by atoms with Crippen molar-refractivity contribution in [2.24, 2.45) is 11.8 Å². The van der Waals surface area contributed by atoms with Crippen molar-refractivity contribution in [3.63, 3.8) is 0 Å². The lowest BCUT2D eigenvalue weighted by Crippen LogP contribution is -2.31. The zero-order valence-electron chi connectivity index (χ0n) is 17.6. The zero-order valence-corrected chi connectivity index (χ0v) is 18.4. The molecule has 2 aromatic carbocycles. The van der Waals surface area contributed by atoms with E-state index < -0.39 is 12.1 Å². The summed E-state index contributed by atoms with van der Waals surface area (Å²) < 4.78 is 5.52. The van der Waals surface area contributed by atoms with Gasteiger partial charge in [-0.25, -0.2) is 4.79 Å². The van der Waals surface area contributed by atoms with Gasteiger partial charge in [0.05, 0.1) is 5.75 Å². The van der Waals surface area contributed by atoms with Crippen molar-refractivity contribution in [2.45, 2.75) is 12.3 Å². The van der Waals surface area contributed by atoms with Crippen molar-refractivity contribution in [3.05, 3.63) is 59.7 Å². The number of amides is 2. The van der Waals surface area contributed by atoms with Gasteiger partial charge in [0.1, 0.15) is 6.61 Å². The highest BCUT2D eigenvalue weighted by Gasteiger charge is 2.42. The summed E-state index contributed by atoms with van der Waals surface area (Å²) in [4.78, 5) is 34.8. The molecular weight excluding hydrogens is 428 g/mol. The van der Waals surface area contributed by atoms with Crippen LogP contribution in [0.2, 0.25) is 0 Å². The minimum atomic E-state index is -0.858. The van der Waals surface area contributed by atoms with Crippen LogP contribution < -0.4 is 10.6 Å². The first-order valence-electron chi connectivity index (χ1n) is 10.7. The first-order chi connectivity index (χ1) is 15.5. The molecule has 0 aliphatic heterocycles. The van der Waals surface area contributed by atoms with Gasteiger partial charge in [-0.1, -0.05) is 48.5 Å². The molecule has 4 rings (SSSR count). The maximum absolute atomic E-state index is 12.2. The zero-order chi connectivity index (χ0) is 22.5. The molecular formula is C24H26N2O5S. The number of hydrogen-bond donors (Lipinski definition) is 3. The molecule has 0 saturated heterocycles. The Bertz CT molecular complexity index is 966. The van der Waals surface area contributed by atoms with E-state index in [2.05, 4.69) is 34.9 Å².